The highest BCUT2D eigenvalue weighted by Crippen LogP contribution is 2.30. The molecule has 1 amide bonds. The number of carbonyl (C=O) groups is 2. The van der Waals surface area contributed by atoms with E-state index in [0.29, 0.717) is 33.3 Å². The largest absolute Gasteiger partial charge is 0.466 e. The van der Waals surface area contributed by atoms with Crippen LogP contribution in [0.1, 0.15) is 26.0 Å². The molecule has 8 nitrogen and oxygen atoms in total. The van der Waals surface area contributed by atoms with Gasteiger partial charge in [0.25, 0.3) is 0 Å². The molecule has 130 valence electrons. The Kier molecular flexibility index (Phi) is 6.94. The topological polar surface area (TPSA) is 120 Å². The average molecular weight is 388 g/mol. The Balaban J connectivity index is 1.92. The summed E-state index contributed by atoms with van der Waals surface area (Å²) < 4.78 is 5.52. The van der Waals surface area contributed by atoms with Crippen LogP contribution in [0.4, 0.5) is 10.3 Å². The Morgan fingerprint density at radius 1 is 1.42 bits per heavy atom. The molecule has 0 aliphatic heterocycles. The second-order valence-corrected chi connectivity index (χ2v) is 7.85. The molecule has 0 aliphatic carbocycles. The molecule has 0 aliphatic rings. The average Bonchev–Trinajstić information content (AvgIpc) is 3.14. The molecule has 2 heterocycles. The molecule has 0 aromatic carbocycles. The minimum atomic E-state index is -0.337. The van der Waals surface area contributed by atoms with Gasteiger partial charge in [-0.15, -0.1) is 21.5 Å². The van der Waals surface area contributed by atoms with Crippen molar-refractivity contribution >= 4 is 56.6 Å². The van der Waals surface area contributed by atoms with Gasteiger partial charge in [-0.25, -0.2) is 4.98 Å². The van der Waals surface area contributed by atoms with E-state index in [0.717, 1.165) is 0 Å². The van der Waals surface area contributed by atoms with Crippen LogP contribution in [0.5, 0.6) is 0 Å². The molecule has 1 unspecified atom stereocenters. The number of aromatic nitrogens is 3. The highest BCUT2D eigenvalue weighted by molar-refractivity contribution is 8.02. The van der Waals surface area contributed by atoms with Gasteiger partial charge in [0.15, 0.2) is 9.47 Å². The van der Waals surface area contributed by atoms with Crippen LogP contribution in [0.25, 0.3) is 0 Å². The Morgan fingerprint density at radius 3 is 2.83 bits per heavy atom. The Bertz CT molecular complexity index is 703. The number of nitrogens with zero attached hydrogens (tertiary/aromatic N) is 3. The Hall–Kier alpha value is -1.72. The second kappa shape index (κ2) is 8.94. The highest BCUT2D eigenvalue weighted by atomic mass is 32.2. The maximum atomic E-state index is 12.4. The number of thiazole rings is 1. The van der Waals surface area contributed by atoms with Crippen molar-refractivity contribution in [3.8, 4) is 0 Å². The van der Waals surface area contributed by atoms with Crippen molar-refractivity contribution in [3.63, 3.8) is 0 Å². The first kappa shape index (κ1) is 18.6. The van der Waals surface area contributed by atoms with E-state index in [-0.39, 0.29) is 23.5 Å². The van der Waals surface area contributed by atoms with Crippen LogP contribution in [0.2, 0.25) is 0 Å². The maximum absolute atomic E-state index is 12.4. The third kappa shape index (κ3) is 5.42. The summed E-state index contributed by atoms with van der Waals surface area (Å²) in [5.41, 5.74) is 6.12. The number of nitrogens with two attached hydrogens (primary N) is 1. The SMILES string of the molecule is CCOC(=O)Cc1csc(NC(=O)C(CC)Sc2nnc(N)s2)n1. The van der Waals surface area contributed by atoms with Gasteiger partial charge < -0.3 is 15.8 Å². The van der Waals surface area contributed by atoms with Crippen molar-refractivity contribution in [3.05, 3.63) is 11.1 Å². The molecule has 2 rings (SSSR count). The minimum absolute atomic E-state index is 0.0935. The fourth-order valence-corrected chi connectivity index (χ4v) is 4.22. The lowest BCUT2D eigenvalue weighted by molar-refractivity contribution is -0.142. The lowest BCUT2D eigenvalue weighted by atomic mass is 10.3. The lowest BCUT2D eigenvalue weighted by Crippen LogP contribution is -2.24. The van der Waals surface area contributed by atoms with Crippen LogP contribution in [0.15, 0.2) is 9.72 Å². The van der Waals surface area contributed by atoms with E-state index in [4.69, 9.17) is 10.5 Å². The molecule has 0 radical (unpaired) electrons. The van der Waals surface area contributed by atoms with Crippen LogP contribution >= 0.6 is 34.4 Å². The number of hydrogen-bond acceptors (Lipinski definition) is 10. The van der Waals surface area contributed by atoms with E-state index in [9.17, 15) is 9.59 Å². The Labute approximate surface area is 151 Å². The predicted molar refractivity (Wildman–Crippen MR) is 95.3 cm³/mol. The fourth-order valence-electron chi connectivity index (χ4n) is 1.70. The van der Waals surface area contributed by atoms with E-state index in [2.05, 4.69) is 20.5 Å². The number of ether oxygens (including phenoxy) is 1. The molecule has 0 spiro atoms. The Morgan fingerprint density at radius 2 is 2.21 bits per heavy atom. The standard InChI is InChI=1S/C13H17N5O3S3/c1-3-8(23-13-18-17-11(14)24-13)10(20)16-12-15-7(6-22-12)5-9(19)21-4-2/h6,8H,3-5H2,1-2H3,(H2,14,17)(H,15,16,20). The zero-order chi connectivity index (χ0) is 17.5. The number of esters is 1. The summed E-state index contributed by atoms with van der Waals surface area (Å²) in [6.07, 6.45) is 0.716. The van der Waals surface area contributed by atoms with Crippen LogP contribution in [-0.4, -0.2) is 38.9 Å². The molecule has 0 saturated heterocycles. The third-order valence-corrected chi connectivity index (χ3v) is 5.75. The van der Waals surface area contributed by atoms with E-state index >= 15 is 0 Å². The highest BCUT2D eigenvalue weighted by Gasteiger charge is 2.21. The normalized spacial score (nSPS) is 11.9. The fraction of sp³-hybridized carbons (Fsp3) is 0.462. The van der Waals surface area contributed by atoms with Crippen LogP contribution in [0, 0.1) is 0 Å². The van der Waals surface area contributed by atoms with Gasteiger partial charge in [0.05, 0.1) is 24.0 Å². The van der Waals surface area contributed by atoms with E-state index < -0.39 is 0 Å². The zero-order valence-corrected chi connectivity index (χ0v) is 15.6. The first-order valence-corrected chi connectivity index (χ1v) is 9.75. The molecule has 3 N–H and O–H groups in total. The van der Waals surface area contributed by atoms with Crippen LogP contribution < -0.4 is 11.1 Å². The smallest absolute Gasteiger partial charge is 0.311 e. The van der Waals surface area contributed by atoms with Gasteiger partial charge in [0, 0.05) is 5.38 Å². The van der Waals surface area contributed by atoms with Gasteiger partial charge in [0.2, 0.25) is 11.0 Å². The molecular weight excluding hydrogens is 370 g/mol. The van der Waals surface area contributed by atoms with Crippen molar-refractivity contribution in [2.45, 2.75) is 36.3 Å². The van der Waals surface area contributed by atoms with E-state index in [1.54, 1.807) is 12.3 Å². The maximum Gasteiger partial charge on any atom is 0.311 e. The lowest BCUT2D eigenvalue weighted by Gasteiger charge is -2.11. The minimum Gasteiger partial charge on any atom is -0.466 e. The van der Waals surface area contributed by atoms with Gasteiger partial charge in [-0.05, 0) is 13.3 Å². The molecule has 24 heavy (non-hydrogen) atoms. The summed E-state index contributed by atoms with van der Waals surface area (Å²) in [5.74, 6) is -0.509. The molecular formula is C13H17N5O3S3. The summed E-state index contributed by atoms with van der Waals surface area (Å²) in [6.45, 7) is 3.99. The number of carbonyl (C=O) groups excluding carboxylic acids is 2. The summed E-state index contributed by atoms with van der Waals surface area (Å²) in [7, 11) is 0. The molecule has 0 fully saturated rings. The zero-order valence-electron chi connectivity index (χ0n) is 13.1. The van der Waals surface area contributed by atoms with E-state index in [1.165, 1.54) is 34.4 Å². The monoisotopic (exact) mass is 387 g/mol. The predicted octanol–water partition coefficient (Wildman–Crippen LogP) is 2.19. The summed E-state index contributed by atoms with van der Waals surface area (Å²) in [6, 6.07) is 0. The van der Waals surface area contributed by atoms with Gasteiger partial charge in [-0.3, -0.25) is 9.59 Å². The number of nitrogen functional groups attached to an aromatic ring is 1. The number of thioether (sulfide) groups is 1. The molecule has 2 aromatic heterocycles. The second-order valence-electron chi connectivity index (χ2n) is 4.54. The van der Waals surface area contributed by atoms with E-state index in [1.807, 2.05) is 6.92 Å². The summed E-state index contributed by atoms with van der Waals surface area (Å²) in [4.78, 5) is 28.0. The van der Waals surface area contributed by atoms with Crippen molar-refractivity contribution < 1.29 is 14.3 Å². The van der Waals surface area contributed by atoms with Gasteiger partial charge in [-0.1, -0.05) is 30.0 Å². The van der Waals surface area contributed by atoms with Crippen molar-refractivity contribution in [1.82, 2.24) is 15.2 Å². The molecule has 2 aromatic rings. The van der Waals surface area contributed by atoms with Crippen molar-refractivity contribution in [2.75, 3.05) is 17.7 Å². The number of nitrogens with one attached hydrogen (secondary N) is 1. The number of amides is 1. The first-order valence-electron chi connectivity index (χ1n) is 7.18. The molecule has 0 saturated carbocycles. The molecule has 11 heteroatoms. The van der Waals surface area contributed by atoms with Crippen LogP contribution in [0.3, 0.4) is 0 Å². The molecule has 0 bridgehead atoms. The van der Waals surface area contributed by atoms with Gasteiger partial charge in [0.1, 0.15) is 0 Å². The van der Waals surface area contributed by atoms with Gasteiger partial charge in [-0.2, -0.15) is 0 Å². The number of anilines is 2. The third-order valence-electron chi connectivity index (χ3n) is 2.74. The van der Waals surface area contributed by atoms with Gasteiger partial charge >= 0.3 is 5.97 Å². The first-order chi connectivity index (χ1) is 11.5. The quantitative estimate of drug-likeness (QED) is 0.522. The van der Waals surface area contributed by atoms with Crippen molar-refractivity contribution in [2.24, 2.45) is 0 Å². The summed E-state index contributed by atoms with van der Waals surface area (Å²) in [5, 5.41) is 12.6. The number of rotatable bonds is 8. The molecule has 1 atom stereocenters. The van der Waals surface area contributed by atoms with Crippen LogP contribution in [-0.2, 0) is 20.7 Å². The van der Waals surface area contributed by atoms with Crippen molar-refractivity contribution in [1.29, 1.82) is 0 Å². The summed E-state index contributed by atoms with van der Waals surface area (Å²) >= 11 is 3.83. The number of hydrogen-bond donors (Lipinski definition) is 2.